The Morgan fingerprint density at radius 1 is 1.07 bits per heavy atom. The fourth-order valence-electron chi connectivity index (χ4n) is 6.14. The summed E-state index contributed by atoms with van der Waals surface area (Å²) in [6.07, 6.45) is 8.59. The van der Waals surface area contributed by atoms with Crippen molar-refractivity contribution >= 4 is 34.5 Å². The number of nitrogens with one attached hydrogen (secondary N) is 1. The molecule has 2 amide bonds. The van der Waals surface area contributed by atoms with Gasteiger partial charge in [-0.25, -0.2) is 19.6 Å². The molecule has 1 aliphatic heterocycles. The van der Waals surface area contributed by atoms with Gasteiger partial charge in [-0.3, -0.25) is 9.59 Å². The minimum absolute atomic E-state index is 0.0856. The van der Waals surface area contributed by atoms with Gasteiger partial charge in [0.25, 0.3) is 5.91 Å². The molecule has 0 spiro atoms. The zero-order valence-corrected chi connectivity index (χ0v) is 24.1. The van der Waals surface area contributed by atoms with Crippen LogP contribution >= 0.6 is 0 Å². The van der Waals surface area contributed by atoms with Crippen molar-refractivity contribution in [1.29, 1.82) is 0 Å². The first kappa shape index (κ1) is 27.5. The number of nitrogen functional groups attached to an aromatic ring is 1. The average Bonchev–Trinajstić information content (AvgIpc) is 3.65. The van der Waals surface area contributed by atoms with E-state index in [1.807, 2.05) is 65.8 Å². The molecule has 3 aromatic heterocycles. The van der Waals surface area contributed by atoms with Crippen LogP contribution in [0.1, 0.15) is 34.8 Å². The third-order valence-corrected chi connectivity index (χ3v) is 8.21. The molecule has 2 aliphatic rings. The lowest BCUT2D eigenvalue weighted by atomic mass is 10.0. The first-order valence-electron chi connectivity index (χ1n) is 14.2. The molecule has 0 radical (unpaired) electrons. The summed E-state index contributed by atoms with van der Waals surface area (Å²) in [6, 6.07) is 11.1. The Bertz CT molecular complexity index is 1650. The Balaban J connectivity index is 1.20. The molecule has 2 fully saturated rings. The first-order valence-corrected chi connectivity index (χ1v) is 14.2. The molecule has 1 aliphatic carbocycles. The van der Waals surface area contributed by atoms with Gasteiger partial charge in [0, 0.05) is 43.0 Å². The summed E-state index contributed by atoms with van der Waals surface area (Å²) in [4.78, 5) is 42.5. The van der Waals surface area contributed by atoms with Gasteiger partial charge in [-0.2, -0.15) is 5.10 Å². The second-order valence-corrected chi connectivity index (χ2v) is 11.6. The molecular weight excluding hydrogens is 530 g/mol. The van der Waals surface area contributed by atoms with Crippen molar-refractivity contribution in [3.05, 3.63) is 72.2 Å². The van der Waals surface area contributed by atoms with E-state index in [1.54, 1.807) is 24.4 Å². The number of likely N-dealkylation sites (N-methyl/N-ethyl adjacent to an activating group) is 1. The second-order valence-electron chi connectivity index (χ2n) is 11.6. The number of benzene rings is 1. The molecule has 4 heterocycles. The van der Waals surface area contributed by atoms with Gasteiger partial charge in [-0.1, -0.05) is 18.2 Å². The number of nitrogens with zero attached hydrogens (tertiary/aromatic N) is 7. The molecule has 2 atom stereocenters. The lowest BCUT2D eigenvalue weighted by Crippen LogP contribution is -2.28. The molecule has 1 aromatic carbocycles. The van der Waals surface area contributed by atoms with E-state index in [4.69, 9.17) is 10.8 Å². The van der Waals surface area contributed by atoms with Crippen molar-refractivity contribution in [2.24, 2.45) is 11.8 Å². The first-order chi connectivity index (χ1) is 20.3. The molecule has 11 nitrogen and oxygen atoms in total. The number of anilines is 2. The van der Waals surface area contributed by atoms with Gasteiger partial charge in [0.15, 0.2) is 5.65 Å². The molecule has 3 N–H and O–H groups in total. The molecule has 2 unspecified atom stereocenters. The number of rotatable bonds is 7. The molecule has 4 aromatic rings. The highest BCUT2D eigenvalue weighted by Gasteiger charge is 2.43. The Labute approximate surface area is 244 Å². The van der Waals surface area contributed by atoms with Gasteiger partial charge < -0.3 is 20.9 Å². The van der Waals surface area contributed by atoms with E-state index in [-0.39, 0.29) is 17.9 Å². The normalized spacial score (nSPS) is 20.1. The van der Waals surface area contributed by atoms with Crippen molar-refractivity contribution in [3.63, 3.8) is 0 Å². The van der Waals surface area contributed by atoms with E-state index < -0.39 is 0 Å². The standard InChI is InChI=1S/C31H35N9O2/c1-19-10-11-33-25(13-19)36-31(42)21-8-6-20(7-9-21)28-27-29(32)34-18-35-30(27)40(37-28)24-14-22-16-39(17-23(22)15-24)26(41)5-4-12-38(2)3/h4-11,13,18,22-24H,12,14-17H2,1-3H3,(H2,32,34,35)(H,33,36,42). The molecular formula is C31H35N9O2. The predicted octanol–water partition coefficient (Wildman–Crippen LogP) is 3.56. The Morgan fingerprint density at radius 3 is 2.50 bits per heavy atom. The van der Waals surface area contributed by atoms with Crippen molar-refractivity contribution in [1.82, 2.24) is 34.5 Å². The SMILES string of the molecule is Cc1ccnc(NC(=O)c2ccc(-c3nn(C4CC5CN(C(=O)C=CCN(C)C)CC5C4)c4ncnc(N)c34)cc2)c1. The highest BCUT2D eigenvalue weighted by Crippen LogP contribution is 2.45. The summed E-state index contributed by atoms with van der Waals surface area (Å²) in [6.45, 7) is 4.22. The van der Waals surface area contributed by atoms with Gasteiger partial charge in [0.1, 0.15) is 23.7 Å². The summed E-state index contributed by atoms with van der Waals surface area (Å²) in [5.41, 5.74) is 10.1. The van der Waals surface area contributed by atoms with Crippen LogP contribution in [-0.2, 0) is 4.79 Å². The van der Waals surface area contributed by atoms with Crippen LogP contribution in [0.25, 0.3) is 22.3 Å². The molecule has 11 heteroatoms. The summed E-state index contributed by atoms with van der Waals surface area (Å²) >= 11 is 0. The van der Waals surface area contributed by atoms with Crippen LogP contribution in [0.3, 0.4) is 0 Å². The van der Waals surface area contributed by atoms with E-state index in [0.29, 0.717) is 45.8 Å². The highest BCUT2D eigenvalue weighted by atomic mass is 16.2. The van der Waals surface area contributed by atoms with Gasteiger partial charge in [-0.15, -0.1) is 0 Å². The zero-order valence-electron chi connectivity index (χ0n) is 24.1. The average molecular weight is 566 g/mol. The fraction of sp³-hybridized carbons (Fsp3) is 0.355. The van der Waals surface area contributed by atoms with E-state index >= 15 is 0 Å². The van der Waals surface area contributed by atoms with E-state index in [0.717, 1.165) is 43.6 Å². The minimum atomic E-state index is -0.240. The number of hydrogen-bond donors (Lipinski definition) is 2. The maximum absolute atomic E-state index is 12.8. The number of fused-ring (bicyclic) bond motifs is 2. The van der Waals surface area contributed by atoms with E-state index in [9.17, 15) is 9.59 Å². The number of nitrogens with two attached hydrogens (primary N) is 1. The van der Waals surface area contributed by atoms with Crippen LogP contribution in [0.2, 0.25) is 0 Å². The molecule has 1 saturated carbocycles. The second kappa shape index (κ2) is 11.3. The quantitative estimate of drug-likeness (QED) is 0.325. The number of likely N-dealkylation sites (tertiary alicyclic amines) is 1. The number of pyridine rings is 1. The molecule has 1 saturated heterocycles. The Morgan fingerprint density at radius 2 is 1.81 bits per heavy atom. The fourth-order valence-corrected chi connectivity index (χ4v) is 6.14. The predicted molar refractivity (Wildman–Crippen MR) is 162 cm³/mol. The maximum Gasteiger partial charge on any atom is 0.256 e. The smallest absolute Gasteiger partial charge is 0.256 e. The Hall–Kier alpha value is -4.64. The monoisotopic (exact) mass is 565 g/mol. The van der Waals surface area contributed by atoms with Gasteiger partial charge in [-0.05, 0) is 75.5 Å². The number of hydrogen-bond acceptors (Lipinski definition) is 8. The summed E-state index contributed by atoms with van der Waals surface area (Å²) < 4.78 is 1.99. The number of carbonyl (C=O) groups excluding carboxylic acids is 2. The van der Waals surface area contributed by atoms with E-state index in [1.165, 1.54) is 6.33 Å². The summed E-state index contributed by atoms with van der Waals surface area (Å²) in [5, 5.41) is 8.57. The van der Waals surface area contributed by atoms with Crippen molar-refractivity contribution in [2.45, 2.75) is 25.8 Å². The van der Waals surface area contributed by atoms with Crippen LogP contribution in [0, 0.1) is 18.8 Å². The summed E-state index contributed by atoms with van der Waals surface area (Å²) in [5.74, 6) is 1.56. The Kier molecular flexibility index (Phi) is 7.42. The van der Waals surface area contributed by atoms with Gasteiger partial charge >= 0.3 is 0 Å². The highest BCUT2D eigenvalue weighted by molar-refractivity contribution is 6.04. The third kappa shape index (κ3) is 5.47. The van der Waals surface area contributed by atoms with Crippen molar-refractivity contribution < 1.29 is 9.59 Å². The number of aromatic nitrogens is 5. The van der Waals surface area contributed by atoms with Gasteiger partial charge in [0.05, 0.1) is 11.4 Å². The zero-order chi connectivity index (χ0) is 29.4. The van der Waals surface area contributed by atoms with Crippen LogP contribution < -0.4 is 11.1 Å². The van der Waals surface area contributed by atoms with Crippen LogP contribution in [-0.4, -0.2) is 80.1 Å². The van der Waals surface area contributed by atoms with Crippen molar-refractivity contribution in [2.75, 3.05) is 44.8 Å². The summed E-state index contributed by atoms with van der Waals surface area (Å²) in [7, 11) is 3.97. The van der Waals surface area contributed by atoms with Gasteiger partial charge in [0.2, 0.25) is 5.91 Å². The molecule has 216 valence electrons. The van der Waals surface area contributed by atoms with Crippen LogP contribution in [0.15, 0.2) is 61.1 Å². The lowest BCUT2D eigenvalue weighted by Gasteiger charge is -2.18. The molecule has 0 bridgehead atoms. The lowest BCUT2D eigenvalue weighted by molar-refractivity contribution is -0.125. The van der Waals surface area contributed by atoms with Crippen LogP contribution in [0.5, 0.6) is 0 Å². The third-order valence-electron chi connectivity index (χ3n) is 8.21. The maximum atomic E-state index is 12.8. The number of amides is 2. The number of carbonyl (C=O) groups is 2. The minimum Gasteiger partial charge on any atom is -0.383 e. The molecule has 6 rings (SSSR count). The van der Waals surface area contributed by atoms with E-state index in [2.05, 4.69) is 20.3 Å². The largest absolute Gasteiger partial charge is 0.383 e. The van der Waals surface area contributed by atoms with Crippen LogP contribution in [0.4, 0.5) is 11.6 Å². The topological polar surface area (TPSA) is 135 Å². The number of aryl methyl sites for hydroxylation is 1. The van der Waals surface area contributed by atoms with Crippen molar-refractivity contribution in [3.8, 4) is 11.3 Å². The molecule has 42 heavy (non-hydrogen) atoms.